The van der Waals surface area contributed by atoms with Crippen LogP contribution in [0, 0.1) is 10.1 Å². The summed E-state index contributed by atoms with van der Waals surface area (Å²) in [5, 5.41) is 23.0. The number of nitrogens with zero attached hydrogens (tertiary/aromatic N) is 2. The van der Waals surface area contributed by atoms with Crippen LogP contribution < -0.4 is 5.32 Å². The maximum absolute atomic E-state index is 12.4. The maximum atomic E-state index is 12.4. The number of aromatic nitrogens is 1. The molecule has 2 atom stereocenters. The molecule has 2 N–H and O–H groups in total. The average molecular weight is 401 g/mol. The van der Waals surface area contributed by atoms with E-state index >= 15 is 0 Å². The summed E-state index contributed by atoms with van der Waals surface area (Å²) in [4.78, 5) is 50.5. The molecule has 1 heterocycles. The fourth-order valence-electron chi connectivity index (χ4n) is 2.73. The van der Waals surface area contributed by atoms with Gasteiger partial charge in [-0.15, -0.1) is 0 Å². The lowest BCUT2D eigenvalue weighted by molar-refractivity contribution is -0.384. The number of carboxylic acids is 1. The zero-order chi connectivity index (χ0) is 21.4. The average Bonchev–Trinajstić information content (AvgIpc) is 2.71. The molecule has 2 aromatic rings. The molecule has 0 aliphatic heterocycles. The first-order valence-electron chi connectivity index (χ1n) is 8.67. The molecule has 29 heavy (non-hydrogen) atoms. The van der Waals surface area contributed by atoms with Gasteiger partial charge in [-0.2, -0.15) is 0 Å². The van der Waals surface area contributed by atoms with E-state index in [9.17, 15) is 29.6 Å². The highest BCUT2D eigenvalue weighted by Crippen LogP contribution is 2.27. The Hall–Kier alpha value is -3.82. The van der Waals surface area contributed by atoms with E-state index < -0.39 is 34.7 Å². The number of ether oxygens (including phenoxy) is 1. The lowest BCUT2D eigenvalue weighted by Crippen LogP contribution is -2.45. The number of nitro groups is 1. The Bertz CT molecular complexity index is 884. The Morgan fingerprint density at radius 2 is 1.79 bits per heavy atom. The number of carboxylic acid groups (broad SMARTS) is 1. The zero-order valence-corrected chi connectivity index (χ0v) is 15.5. The van der Waals surface area contributed by atoms with Crippen LogP contribution in [0.1, 0.15) is 35.2 Å². The van der Waals surface area contributed by atoms with Gasteiger partial charge in [0.25, 0.3) is 11.6 Å². The summed E-state index contributed by atoms with van der Waals surface area (Å²) in [7, 11) is 0. The van der Waals surface area contributed by atoms with E-state index in [1.807, 2.05) is 0 Å². The van der Waals surface area contributed by atoms with E-state index in [-0.39, 0.29) is 24.3 Å². The van der Waals surface area contributed by atoms with Crippen molar-refractivity contribution in [1.82, 2.24) is 10.3 Å². The third kappa shape index (κ3) is 5.83. The predicted octanol–water partition coefficient (Wildman–Crippen LogP) is 1.91. The van der Waals surface area contributed by atoms with Crippen molar-refractivity contribution in [3.05, 3.63) is 70.0 Å². The highest BCUT2D eigenvalue weighted by atomic mass is 16.6. The number of rotatable bonds is 9. The molecule has 10 nitrogen and oxygen atoms in total. The van der Waals surface area contributed by atoms with Crippen molar-refractivity contribution in [1.29, 1.82) is 0 Å². The van der Waals surface area contributed by atoms with Gasteiger partial charge < -0.3 is 15.2 Å². The van der Waals surface area contributed by atoms with Gasteiger partial charge in [0.2, 0.25) is 0 Å². The molecule has 10 heteroatoms. The van der Waals surface area contributed by atoms with Crippen molar-refractivity contribution in [3.63, 3.8) is 0 Å². The first-order chi connectivity index (χ1) is 13.8. The molecule has 1 aromatic carbocycles. The highest BCUT2D eigenvalue weighted by molar-refractivity contribution is 5.96. The van der Waals surface area contributed by atoms with Gasteiger partial charge in [-0.3, -0.25) is 24.7 Å². The van der Waals surface area contributed by atoms with Gasteiger partial charge in [0.15, 0.2) is 0 Å². The number of nitrogens with one attached hydrogen (secondary N) is 1. The molecule has 2 rings (SSSR count). The molecule has 0 unspecified atom stereocenters. The van der Waals surface area contributed by atoms with Crippen molar-refractivity contribution in [2.24, 2.45) is 0 Å². The Morgan fingerprint density at radius 1 is 1.17 bits per heavy atom. The lowest BCUT2D eigenvalue weighted by atomic mass is 9.88. The Labute approximate surface area is 165 Å². The van der Waals surface area contributed by atoms with E-state index in [2.05, 4.69) is 10.3 Å². The third-order valence-electron chi connectivity index (χ3n) is 4.12. The van der Waals surface area contributed by atoms with Crippen molar-refractivity contribution in [2.45, 2.75) is 25.3 Å². The normalized spacial score (nSPS) is 12.4. The molecular weight excluding hydrogens is 382 g/mol. The minimum Gasteiger partial charge on any atom is -0.480 e. The van der Waals surface area contributed by atoms with Crippen LogP contribution in [0.4, 0.5) is 5.69 Å². The van der Waals surface area contributed by atoms with Crippen LogP contribution in [-0.2, 0) is 14.3 Å². The Morgan fingerprint density at radius 3 is 2.31 bits per heavy atom. The van der Waals surface area contributed by atoms with Gasteiger partial charge in [0.05, 0.1) is 18.0 Å². The predicted molar refractivity (Wildman–Crippen MR) is 100 cm³/mol. The quantitative estimate of drug-likeness (QED) is 0.368. The number of pyridine rings is 1. The van der Waals surface area contributed by atoms with Gasteiger partial charge in [-0.05, 0) is 24.6 Å². The molecule has 0 radical (unpaired) electrons. The van der Waals surface area contributed by atoms with Crippen LogP contribution in [0.25, 0.3) is 0 Å². The third-order valence-corrected chi connectivity index (χ3v) is 4.12. The number of nitro benzene ring substituents is 1. The number of amides is 1. The van der Waals surface area contributed by atoms with E-state index in [1.165, 1.54) is 48.8 Å². The van der Waals surface area contributed by atoms with Gasteiger partial charge in [0, 0.05) is 36.0 Å². The van der Waals surface area contributed by atoms with Crippen LogP contribution in [0.15, 0.2) is 48.8 Å². The second-order valence-corrected chi connectivity index (χ2v) is 5.99. The number of carbonyl (C=O) groups is 3. The van der Waals surface area contributed by atoms with Crippen LogP contribution in [0.3, 0.4) is 0 Å². The Balaban J connectivity index is 2.36. The lowest BCUT2D eigenvalue weighted by Gasteiger charge is -2.24. The number of hydrogen-bond donors (Lipinski definition) is 2. The fourth-order valence-corrected chi connectivity index (χ4v) is 2.73. The topological polar surface area (TPSA) is 149 Å². The summed E-state index contributed by atoms with van der Waals surface area (Å²) in [6, 6.07) is 6.49. The molecule has 0 saturated heterocycles. The molecule has 0 fully saturated rings. The minimum atomic E-state index is -1.47. The van der Waals surface area contributed by atoms with E-state index in [1.54, 1.807) is 6.92 Å². The van der Waals surface area contributed by atoms with Crippen LogP contribution >= 0.6 is 0 Å². The highest BCUT2D eigenvalue weighted by Gasteiger charge is 2.33. The number of benzene rings is 1. The first-order valence-corrected chi connectivity index (χ1v) is 8.67. The number of esters is 1. The SMILES string of the molecule is CCOC(=O)C[C@H](c1ccc([N+](=O)[O-])cc1)[C@H](NC(=O)c1ccncc1)C(=O)O. The number of hydrogen-bond acceptors (Lipinski definition) is 7. The molecule has 1 amide bonds. The maximum Gasteiger partial charge on any atom is 0.326 e. The second kappa shape index (κ2) is 9.93. The largest absolute Gasteiger partial charge is 0.480 e. The molecule has 0 aliphatic rings. The van der Waals surface area contributed by atoms with Crippen molar-refractivity contribution >= 4 is 23.5 Å². The van der Waals surface area contributed by atoms with Crippen molar-refractivity contribution in [2.75, 3.05) is 6.61 Å². The van der Waals surface area contributed by atoms with Gasteiger partial charge in [-0.1, -0.05) is 12.1 Å². The molecule has 0 spiro atoms. The summed E-state index contributed by atoms with van der Waals surface area (Å²) in [6.07, 6.45) is 2.44. The van der Waals surface area contributed by atoms with E-state index in [4.69, 9.17) is 4.74 Å². The van der Waals surface area contributed by atoms with E-state index in [0.717, 1.165) is 0 Å². The van der Waals surface area contributed by atoms with Crippen LogP contribution in [-0.4, -0.2) is 45.5 Å². The number of non-ortho nitro benzene ring substituents is 1. The number of aliphatic carboxylic acids is 1. The molecule has 0 bridgehead atoms. The number of carbonyl (C=O) groups excluding carboxylic acids is 2. The van der Waals surface area contributed by atoms with Gasteiger partial charge in [-0.25, -0.2) is 4.79 Å². The van der Waals surface area contributed by atoms with Crippen LogP contribution in [0.5, 0.6) is 0 Å². The smallest absolute Gasteiger partial charge is 0.326 e. The molecule has 152 valence electrons. The standard InChI is InChI=1S/C19H19N3O7/c1-2-29-16(23)11-15(12-3-5-14(6-4-12)22(27)28)17(19(25)26)21-18(24)13-7-9-20-10-8-13/h3-10,15,17H,2,11H2,1H3,(H,21,24)(H,25,26)/t15-,17+/m1/s1. The Kier molecular flexibility index (Phi) is 7.35. The van der Waals surface area contributed by atoms with Crippen LogP contribution in [0.2, 0.25) is 0 Å². The van der Waals surface area contributed by atoms with Gasteiger partial charge in [0.1, 0.15) is 6.04 Å². The van der Waals surface area contributed by atoms with Crippen molar-refractivity contribution in [3.8, 4) is 0 Å². The summed E-state index contributed by atoms with van der Waals surface area (Å²) >= 11 is 0. The molecule has 0 saturated carbocycles. The van der Waals surface area contributed by atoms with Gasteiger partial charge >= 0.3 is 11.9 Å². The minimum absolute atomic E-state index is 0.104. The monoisotopic (exact) mass is 401 g/mol. The second-order valence-electron chi connectivity index (χ2n) is 5.99. The first kappa shape index (κ1) is 21.5. The zero-order valence-electron chi connectivity index (χ0n) is 15.5. The van der Waals surface area contributed by atoms with E-state index in [0.29, 0.717) is 5.56 Å². The molecular formula is C19H19N3O7. The molecule has 0 aliphatic carbocycles. The summed E-state index contributed by atoms with van der Waals surface area (Å²) < 4.78 is 4.91. The summed E-state index contributed by atoms with van der Waals surface area (Å²) in [6.45, 7) is 1.71. The van der Waals surface area contributed by atoms with Crippen molar-refractivity contribution < 1.29 is 29.2 Å². The summed E-state index contributed by atoms with van der Waals surface area (Å²) in [5.41, 5.74) is 0.354. The molecule has 1 aromatic heterocycles. The fraction of sp³-hybridized carbons (Fsp3) is 0.263. The summed E-state index contributed by atoms with van der Waals surface area (Å²) in [5.74, 6) is -3.67.